The van der Waals surface area contributed by atoms with Gasteiger partial charge in [0, 0.05) is 50.3 Å². The van der Waals surface area contributed by atoms with Crippen molar-refractivity contribution >= 4 is 29.9 Å². The van der Waals surface area contributed by atoms with E-state index in [1.807, 2.05) is 7.05 Å². The number of hydrogen-bond donors (Lipinski definition) is 2. The molecule has 158 valence electrons. The van der Waals surface area contributed by atoms with Crippen molar-refractivity contribution in [1.82, 2.24) is 15.5 Å². The molecule has 27 heavy (non-hydrogen) atoms. The van der Waals surface area contributed by atoms with Gasteiger partial charge in [-0.2, -0.15) is 0 Å². The molecule has 0 aromatic rings. The molecule has 0 amide bonds. The lowest BCUT2D eigenvalue weighted by atomic mass is 9.55. The van der Waals surface area contributed by atoms with Crippen LogP contribution in [0.25, 0.3) is 0 Å². The van der Waals surface area contributed by atoms with E-state index in [-0.39, 0.29) is 24.0 Å². The molecule has 0 aromatic heterocycles. The van der Waals surface area contributed by atoms with Crippen LogP contribution in [0.2, 0.25) is 0 Å². The fourth-order valence-corrected chi connectivity index (χ4v) is 5.36. The molecule has 2 aliphatic carbocycles. The van der Waals surface area contributed by atoms with E-state index < -0.39 is 0 Å². The zero-order valence-corrected chi connectivity index (χ0v) is 20.1. The van der Waals surface area contributed by atoms with Gasteiger partial charge in [0.2, 0.25) is 0 Å². The Morgan fingerprint density at radius 1 is 1.15 bits per heavy atom. The number of rotatable bonds is 5. The molecule has 0 aromatic carbocycles. The Labute approximate surface area is 183 Å². The van der Waals surface area contributed by atoms with Gasteiger partial charge in [-0.3, -0.25) is 4.99 Å². The van der Waals surface area contributed by atoms with Crippen LogP contribution in [-0.2, 0) is 4.74 Å². The highest BCUT2D eigenvalue weighted by molar-refractivity contribution is 14.0. The van der Waals surface area contributed by atoms with E-state index in [9.17, 15) is 0 Å². The van der Waals surface area contributed by atoms with Crippen LogP contribution in [0.5, 0.6) is 0 Å². The maximum absolute atomic E-state index is 6.09. The summed E-state index contributed by atoms with van der Waals surface area (Å²) in [4.78, 5) is 7.12. The minimum Gasteiger partial charge on any atom is -0.378 e. The number of halogens is 1. The summed E-state index contributed by atoms with van der Waals surface area (Å²) in [6.45, 7) is 9.92. The summed E-state index contributed by atoms with van der Waals surface area (Å²) in [7, 11) is 1.91. The van der Waals surface area contributed by atoms with Crippen LogP contribution in [0.15, 0.2) is 4.99 Å². The fraction of sp³-hybridized carbons (Fsp3) is 0.952. The van der Waals surface area contributed by atoms with Crippen molar-refractivity contribution < 1.29 is 4.74 Å². The van der Waals surface area contributed by atoms with Crippen molar-refractivity contribution in [2.45, 2.75) is 96.4 Å². The first-order valence-electron chi connectivity index (χ1n) is 10.9. The second kappa shape index (κ2) is 10.6. The summed E-state index contributed by atoms with van der Waals surface area (Å²) in [5, 5.41) is 7.48. The summed E-state index contributed by atoms with van der Waals surface area (Å²) in [6.07, 6.45) is 10.7. The van der Waals surface area contributed by atoms with E-state index in [1.54, 1.807) is 0 Å². The minimum atomic E-state index is 0. The third-order valence-corrected chi connectivity index (χ3v) is 7.07. The number of likely N-dealkylation sites (tertiary alicyclic amines) is 1. The molecule has 2 saturated carbocycles. The van der Waals surface area contributed by atoms with Crippen LogP contribution in [0, 0.1) is 5.41 Å². The molecule has 1 saturated heterocycles. The van der Waals surface area contributed by atoms with Crippen LogP contribution >= 0.6 is 24.0 Å². The van der Waals surface area contributed by atoms with Crippen LogP contribution in [0.4, 0.5) is 0 Å². The van der Waals surface area contributed by atoms with Gasteiger partial charge in [-0.1, -0.05) is 19.3 Å². The second-order valence-corrected chi connectivity index (χ2v) is 8.79. The van der Waals surface area contributed by atoms with E-state index in [1.165, 1.54) is 58.0 Å². The number of guanidine groups is 1. The highest BCUT2D eigenvalue weighted by atomic mass is 127. The Morgan fingerprint density at radius 2 is 1.81 bits per heavy atom. The van der Waals surface area contributed by atoms with Gasteiger partial charge in [0.25, 0.3) is 0 Å². The number of hydrogen-bond acceptors (Lipinski definition) is 3. The van der Waals surface area contributed by atoms with Crippen molar-refractivity contribution in [2.24, 2.45) is 10.4 Å². The van der Waals surface area contributed by atoms with E-state index in [2.05, 4.69) is 41.3 Å². The lowest BCUT2D eigenvalue weighted by molar-refractivity contribution is -0.145. The second-order valence-electron chi connectivity index (χ2n) is 8.79. The van der Waals surface area contributed by atoms with Crippen molar-refractivity contribution in [3.8, 4) is 0 Å². The van der Waals surface area contributed by atoms with Gasteiger partial charge in [0.15, 0.2) is 5.96 Å². The molecule has 3 fully saturated rings. The molecular weight excluding hydrogens is 451 g/mol. The Kier molecular flexibility index (Phi) is 9.13. The lowest BCUT2D eigenvalue weighted by Gasteiger charge is -2.58. The molecule has 6 heteroatoms. The molecule has 3 rings (SSSR count). The van der Waals surface area contributed by atoms with Gasteiger partial charge >= 0.3 is 0 Å². The third kappa shape index (κ3) is 5.30. The standard InChI is InChI=1S/C21H40N4O.HI/c1-5-26-19-15-18(21(19)11-7-6-8-12-21)24-20(22-4)23-17-9-13-25(14-10-17)16(2)3;/h16-19H,5-15H2,1-4H3,(H2,22,23,24);1H. The highest BCUT2D eigenvalue weighted by Gasteiger charge is 2.55. The van der Waals surface area contributed by atoms with Crippen molar-refractivity contribution in [2.75, 3.05) is 26.7 Å². The average molecular weight is 492 g/mol. The predicted molar refractivity (Wildman–Crippen MR) is 124 cm³/mol. The highest BCUT2D eigenvalue weighted by Crippen LogP contribution is 2.53. The van der Waals surface area contributed by atoms with E-state index in [0.29, 0.717) is 29.6 Å². The number of piperidine rings is 1. The van der Waals surface area contributed by atoms with Gasteiger partial charge in [-0.15, -0.1) is 24.0 Å². The van der Waals surface area contributed by atoms with Crippen LogP contribution in [-0.4, -0.2) is 61.8 Å². The van der Waals surface area contributed by atoms with E-state index >= 15 is 0 Å². The first-order valence-corrected chi connectivity index (χ1v) is 10.9. The zero-order valence-electron chi connectivity index (χ0n) is 17.8. The number of ether oxygens (including phenoxy) is 1. The van der Waals surface area contributed by atoms with E-state index in [0.717, 1.165) is 19.0 Å². The lowest BCUT2D eigenvalue weighted by Crippen LogP contribution is -2.67. The zero-order chi connectivity index (χ0) is 18.6. The molecule has 2 atom stereocenters. The van der Waals surface area contributed by atoms with Crippen LogP contribution in [0.1, 0.15) is 72.1 Å². The average Bonchev–Trinajstić information content (AvgIpc) is 2.67. The Bertz CT molecular complexity index is 471. The molecule has 0 radical (unpaired) electrons. The quantitative estimate of drug-likeness (QED) is 0.349. The predicted octanol–water partition coefficient (Wildman–Crippen LogP) is 3.77. The minimum absolute atomic E-state index is 0. The molecule has 1 heterocycles. The SMILES string of the molecule is CCOC1CC(NC(=NC)NC2CCN(C(C)C)CC2)C12CCCCC2.I. The molecule has 1 spiro atoms. The first kappa shape index (κ1) is 23.2. The Morgan fingerprint density at radius 3 is 2.37 bits per heavy atom. The fourth-order valence-electron chi connectivity index (χ4n) is 5.36. The van der Waals surface area contributed by atoms with Gasteiger partial charge in [0.1, 0.15) is 0 Å². The maximum atomic E-state index is 6.09. The van der Waals surface area contributed by atoms with Crippen molar-refractivity contribution in [3.05, 3.63) is 0 Å². The number of aliphatic imine (C=N–C) groups is 1. The van der Waals surface area contributed by atoms with Gasteiger partial charge in [-0.05, 0) is 52.9 Å². The topological polar surface area (TPSA) is 48.9 Å². The third-order valence-electron chi connectivity index (χ3n) is 7.07. The summed E-state index contributed by atoms with van der Waals surface area (Å²) in [5.41, 5.74) is 0.340. The smallest absolute Gasteiger partial charge is 0.191 e. The van der Waals surface area contributed by atoms with Gasteiger partial charge in [-0.25, -0.2) is 0 Å². The molecule has 2 N–H and O–H groups in total. The molecule has 3 aliphatic rings. The summed E-state index contributed by atoms with van der Waals surface area (Å²) >= 11 is 0. The van der Waals surface area contributed by atoms with Gasteiger partial charge < -0.3 is 20.3 Å². The summed E-state index contributed by atoms with van der Waals surface area (Å²) in [6, 6.07) is 1.72. The molecule has 2 unspecified atom stereocenters. The molecule has 1 aliphatic heterocycles. The van der Waals surface area contributed by atoms with Crippen molar-refractivity contribution in [1.29, 1.82) is 0 Å². The van der Waals surface area contributed by atoms with E-state index in [4.69, 9.17) is 4.74 Å². The first-order chi connectivity index (χ1) is 12.6. The summed E-state index contributed by atoms with van der Waals surface area (Å²) in [5.74, 6) is 0.998. The summed E-state index contributed by atoms with van der Waals surface area (Å²) < 4.78 is 6.09. The molecule has 0 bridgehead atoms. The molecular formula is C21H41IN4O. The maximum Gasteiger partial charge on any atom is 0.191 e. The Hall–Kier alpha value is -0.0800. The van der Waals surface area contributed by atoms with Crippen molar-refractivity contribution in [3.63, 3.8) is 0 Å². The van der Waals surface area contributed by atoms with Crippen LogP contribution < -0.4 is 10.6 Å². The number of nitrogens with zero attached hydrogens (tertiary/aromatic N) is 2. The number of nitrogens with one attached hydrogen (secondary N) is 2. The monoisotopic (exact) mass is 492 g/mol. The molecule has 5 nitrogen and oxygen atoms in total. The Balaban J connectivity index is 0.00000261. The largest absolute Gasteiger partial charge is 0.378 e. The normalized spacial score (nSPS) is 29.3. The van der Waals surface area contributed by atoms with Gasteiger partial charge in [0.05, 0.1) is 6.10 Å². The van der Waals surface area contributed by atoms with Crippen LogP contribution in [0.3, 0.4) is 0 Å².